The van der Waals surface area contributed by atoms with E-state index in [-0.39, 0.29) is 5.91 Å². The lowest BCUT2D eigenvalue weighted by molar-refractivity contribution is -0.116. The first-order chi connectivity index (χ1) is 17.6. The minimum Gasteiger partial charge on any atom is -0.366 e. The zero-order chi connectivity index (χ0) is 24.9. The highest BCUT2D eigenvalue weighted by atomic mass is 79.9. The molecule has 0 spiro atoms. The van der Waals surface area contributed by atoms with Crippen molar-refractivity contribution in [2.45, 2.75) is 13.1 Å². The normalized spacial score (nSPS) is 11.3. The van der Waals surface area contributed by atoms with Gasteiger partial charge in [0.1, 0.15) is 5.82 Å². The van der Waals surface area contributed by atoms with Crippen LogP contribution in [0.15, 0.2) is 88.2 Å². The Morgan fingerprint density at radius 2 is 1.86 bits per heavy atom. The van der Waals surface area contributed by atoms with Crippen LogP contribution in [0.5, 0.6) is 0 Å². The van der Waals surface area contributed by atoms with Gasteiger partial charge < -0.3 is 10.6 Å². The Bertz CT molecular complexity index is 1530. The van der Waals surface area contributed by atoms with Gasteiger partial charge in [0.2, 0.25) is 5.91 Å². The SMILES string of the molecule is O=C(/C=C/c1ccsc1)NCc1ccc(CNc2cc(-c3ccccc3Cl)nc3c(Br)cnn23)cc1. The molecule has 2 N–H and O–H groups in total. The maximum atomic E-state index is 12.1. The molecule has 1 amide bonds. The monoisotopic (exact) mass is 577 g/mol. The molecule has 0 unspecified atom stereocenters. The lowest BCUT2D eigenvalue weighted by Gasteiger charge is -2.12. The fraction of sp³-hybridized carbons (Fsp3) is 0.0741. The number of anilines is 1. The number of carbonyl (C=O) groups is 1. The summed E-state index contributed by atoms with van der Waals surface area (Å²) in [5.74, 6) is 0.683. The van der Waals surface area contributed by atoms with Crippen LogP contribution in [0.25, 0.3) is 23.0 Å². The summed E-state index contributed by atoms with van der Waals surface area (Å²) in [6, 6.07) is 19.7. The summed E-state index contributed by atoms with van der Waals surface area (Å²) in [5.41, 5.74) is 5.47. The number of thiophene rings is 1. The highest BCUT2D eigenvalue weighted by Crippen LogP contribution is 2.30. The van der Waals surface area contributed by atoms with E-state index in [1.54, 1.807) is 28.1 Å². The third-order valence-electron chi connectivity index (χ3n) is 5.51. The van der Waals surface area contributed by atoms with Crippen molar-refractivity contribution in [2.24, 2.45) is 0 Å². The molecule has 0 aliphatic heterocycles. The maximum absolute atomic E-state index is 12.1. The van der Waals surface area contributed by atoms with E-state index in [1.807, 2.05) is 77.5 Å². The summed E-state index contributed by atoms with van der Waals surface area (Å²) < 4.78 is 2.56. The lowest BCUT2D eigenvalue weighted by Crippen LogP contribution is -2.20. The van der Waals surface area contributed by atoms with Crippen LogP contribution in [0.1, 0.15) is 16.7 Å². The van der Waals surface area contributed by atoms with Gasteiger partial charge in [-0.2, -0.15) is 21.0 Å². The number of fused-ring (bicyclic) bond motifs is 1. The summed E-state index contributed by atoms with van der Waals surface area (Å²) in [4.78, 5) is 16.8. The molecule has 0 saturated carbocycles. The molecule has 0 aliphatic rings. The molecule has 6 nitrogen and oxygen atoms in total. The van der Waals surface area contributed by atoms with Crippen LogP contribution >= 0.6 is 38.9 Å². The lowest BCUT2D eigenvalue weighted by atomic mass is 10.1. The largest absolute Gasteiger partial charge is 0.366 e. The second kappa shape index (κ2) is 11.1. The third kappa shape index (κ3) is 5.67. The van der Waals surface area contributed by atoms with Crippen LogP contribution < -0.4 is 10.6 Å². The number of hydrogen-bond donors (Lipinski definition) is 2. The Morgan fingerprint density at radius 1 is 1.08 bits per heavy atom. The molecule has 3 aromatic heterocycles. The van der Waals surface area contributed by atoms with Crippen molar-refractivity contribution in [1.29, 1.82) is 0 Å². The standard InChI is InChI=1S/C27H21BrClN5OS/c28-22-16-32-34-25(13-24(33-27(22)34)21-3-1-2-4-23(21)29)30-14-18-5-7-19(8-6-18)15-31-26(35)10-9-20-11-12-36-17-20/h1-13,16-17,30H,14-15H2,(H,31,35)/b10-9+. The number of nitrogens with zero attached hydrogens (tertiary/aromatic N) is 3. The van der Waals surface area contributed by atoms with Gasteiger partial charge in [-0.3, -0.25) is 4.79 Å². The van der Waals surface area contributed by atoms with Gasteiger partial charge in [-0.1, -0.05) is 54.1 Å². The van der Waals surface area contributed by atoms with Crippen LogP contribution in [0.2, 0.25) is 5.02 Å². The second-order valence-electron chi connectivity index (χ2n) is 8.01. The zero-order valence-corrected chi connectivity index (χ0v) is 22.1. The number of carbonyl (C=O) groups excluding carboxylic acids is 1. The van der Waals surface area contributed by atoms with E-state index >= 15 is 0 Å². The molecule has 0 bridgehead atoms. The molecule has 0 aliphatic carbocycles. The maximum Gasteiger partial charge on any atom is 0.244 e. The third-order valence-corrected chi connectivity index (χ3v) is 7.10. The van der Waals surface area contributed by atoms with Crippen LogP contribution in [0.4, 0.5) is 5.82 Å². The van der Waals surface area contributed by atoms with Crippen LogP contribution in [-0.2, 0) is 17.9 Å². The van der Waals surface area contributed by atoms with Crippen molar-refractivity contribution in [3.63, 3.8) is 0 Å². The average molecular weight is 579 g/mol. The number of aromatic nitrogens is 3. The second-order valence-corrected chi connectivity index (χ2v) is 10.1. The first kappa shape index (κ1) is 24.2. The molecular formula is C27H21BrClN5OS. The predicted molar refractivity (Wildman–Crippen MR) is 150 cm³/mol. The summed E-state index contributed by atoms with van der Waals surface area (Å²) in [6.07, 6.45) is 5.09. The Kier molecular flexibility index (Phi) is 7.46. The van der Waals surface area contributed by atoms with E-state index in [2.05, 4.69) is 31.7 Å². The van der Waals surface area contributed by atoms with Crippen molar-refractivity contribution in [1.82, 2.24) is 19.9 Å². The van der Waals surface area contributed by atoms with E-state index in [9.17, 15) is 4.79 Å². The van der Waals surface area contributed by atoms with Gasteiger partial charge in [0, 0.05) is 35.8 Å². The van der Waals surface area contributed by atoms with E-state index in [1.165, 1.54) is 0 Å². The van der Waals surface area contributed by atoms with Crippen LogP contribution in [0, 0.1) is 0 Å². The molecule has 36 heavy (non-hydrogen) atoms. The van der Waals surface area contributed by atoms with Crippen molar-refractivity contribution < 1.29 is 4.79 Å². The van der Waals surface area contributed by atoms with Gasteiger partial charge in [-0.25, -0.2) is 4.98 Å². The Labute approximate surface area is 225 Å². The van der Waals surface area contributed by atoms with Crippen molar-refractivity contribution in [2.75, 3.05) is 5.32 Å². The van der Waals surface area contributed by atoms with E-state index < -0.39 is 0 Å². The first-order valence-electron chi connectivity index (χ1n) is 11.2. The number of hydrogen-bond acceptors (Lipinski definition) is 5. The molecule has 2 aromatic carbocycles. The first-order valence-corrected chi connectivity index (χ1v) is 13.3. The summed E-state index contributed by atoms with van der Waals surface area (Å²) in [6.45, 7) is 1.06. The topological polar surface area (TPSA) is 71.3 Å². The summed E-state index contributed by atoms with van der Waals surface area (Å²) in [5, 5.41) is 15.4. The van der Waals surface area contributed by atoms with Crippen LogP contribution in [0.3, 0.4) is 0 Å². The Morgan fingerprint density at radius 3 is 2.61 bits per heavy atom. The number of amides is 1. The molecule has 0 saturated heterocycles. The quantitative estimate of drug-likeness (QED) is 0.198. The molecule has 5 rings (SSSR count). The van der Waals surface area contributed by atoms with E-state index in [4.69, 9.17) is 16.6 Å². The van der Waals surface area contributed by atoms with E-state index in [0.29, 0.717) is 23.8 Å². The number of rotatable bonds is 8. The van der Waals surface area contributed by atoms with Gasteiger partial charge in [-0.15, -0.1) is 0 Å². The molecule has 3 heterocycles. The molecule has 0 atom stereocenters. The van der Waals surface area contributed by atoms with Crippen molar-refractivity contribution in [3.05, 3.63) is 110 Å². The zero-order valence-electron chi connectivity index (χ0n) is 19.0. The molecule has 5 aromatic rings. The van der Waals surface area contributed by atoms with Gasteiger partial charge in [0.15, 0.2) is 5.65 Å². The minimum absolute atomic E-state index is 0.117. The number of benzene rings is 2. The fourth-order valence-electron chi connectivity index (χ4n) is 3.63. The predicted octanol–water partition coefficient (Wildman–Crippen LogP) is 6.82. The smallest absolute Gasteiger partial charge is 0.244 e. The molecule has 0 fully saturated rings. The Hall–Kier alpha value is -3.46. The highest BCUT2D eigenvalue weighted by molar-refractivity contribution is 9.10. The minimum atomic E-state index is -0.117. The fourth-order valence-corrected chi connectivity index (χ4v) is 4.84. The van der Waals surface area contributed by atoms with Crippen LogP contribution in [-0.4, -0.2) is 20.5 Å². The molecule has 180 valence electrons. The Balaban J connectivity index is 1.25. The van der Waals surface area contributed by atoms with Gasteiger partial charge in [0.05, 0.1) is 16.4 Å². The average Bonchev–Trinajstić information content (AvgIpc) is 3.56. The van der Waals surface area contributed by atoms with Crippen molar-refractivity contribution >= 4 is 62.3 Å². The molecule has 9 heteroatoms. The number of halogens is 2. The number of nitrogens with one attached hydrogen (secondary N) is 2. The highest BCUT2D eigenvalue weighted by Gasteiger charge is 2.13. The van der Waals surface area contributed by atoms with Gasteiger partial charge in [0.25, 0.3) is 0 Å². The molecular weight excluding hydrogens is 558 g/mol. The van der Waals surface area contributed by atoms with E-state index in [0.717, 1.165) is 38.2 Å². The van der Waals surface area contributed by atoms with Gasteiger partial charge in [-0.05, 0) is 61.6 Å². The summed E-state index contributed by atoms with van der Waals surface area (Å²) in [7, 11) is 0. The van der Waals surface area contributed by atoms with Crippen molar-refractivity contribution in [3.8, 4) is 11.3 Å². The molecule has 0 radical (unpaired) electrons. The van der Waals surface area contributed by atoms with Gasteiger partial charge >= 0.3 is 0 Å². The summed E-state index contributed by atoms with van der Waals surface area (Å²) >= 11 is 11.6.